The van der Waals surface area contributed by atoms with E-state index in [2.05, 4.69) is 165 Å². The van der Waals surface area contributed by atoms with Crippen LogP contribution in [0.25, 0.3) is 65.9 Å². The molecule has 29 heteroatoms. The number of ketones is 4. The van der Waals surface area contributed by atoms with E-state index in [-0.39, 0.29) is 95.5 Å². The molecule has 0 spiro atoms. The summed E-state index contributed by atoms with van der Waals surface area (Å²) in [7, 11) is 0. The Bertz CT molecular complexity index is 6320. The smallest absolute Gasteiger partial charge is 0.253 e. The minimum atomic E-state index is -0.236. The number of carbonyl (C=O) groups is 9. The summed E-state index contributed by atoms with van der Waals surface area (Å²) in [6.45, 7) is 41.7. The van der Waals surface area contributed by atoms with Crippen molar-refractivity contribution in [3.05, 3.63) is 240 Å². The van der Waals surface area contributed by atoms with Gasteiger partial charge < -0.3 is 57.6 Å². The first-order chi connectivity index (χ1) is 63.6. The molecule has 6 aromatic heterocycles. The molecule has 5 saturated heterocycles. The van der Waals surface area contributed by atoms with Gasteiger partial charge in [-0.15, -0.1) is 0 Å². The van der Waals surface area contributed by atoms with E-state index in [1.165, 1.54) is 29.7 Å². The van der Waals surface area contributed by atoms with Crippen LogP contribution in [0.1, 0.15) is 111 Å². The second kappa shape index (κ2) is 44.8. The SMILES string of the molecule is C=CC(=O)N1CC(CC(=O)Cn2c(C)c(-c3cccnc3N3CCC(C)CC3)c3cc(Cl)cc(C)c32)C1.C=CC(=O)N1CC(CC(=O)Cn2c(C)c(-c3cccnc3OCC(C)C)c3cc(Cl)cc(C)c32)C1.C=CC(=O)N1CC(CC(=O)Cn2cc(C(=O)NCC(CC)Oc3cccc(Cl)c3)c3cc(Br)ccc32)C1.C=CC(=O)N1CC(CC(=O)Cn2cc(I)c3cc(Br)cc(C)c32)C1. The molecule has 11 aromatic rings. The van der Waals surface area contributed by atoms with Crippen molar-refractivity contribution in [2.24, 2.45) is 35.5 Å². The number of nitrogens with one attached hydrogen (secondary N) is 1. The van der Waals surface area contributed by atoms with Gasteiger partial charge in [0.15, 0.2) is 23.1 Å². The average molecular weight is 2100 g/mol. The highest BCUT2D eigenvalue weighted by Crippen LogP contribution is 2.45. The van der Waals surface area contributed by atoms with Crippen LogP contribution in [0.15, 0.2) is 187 Å². The van der Waals surface area contributed by atoms with Crippen LogP contribution in [0.2, 0.25) is 15.1 Å². The monoisotopic (exact) mass is 2100 g/mol. The fourth-order valence-corrected chi connectivity index (χ4v) is 20.9. The number of hydrogen-bond acceptors (Lipinski definition) is 14. The summed E-state index contributed by atoms with van der Waals surface area (Å²) in [5.41, 5.74) is 13.7. The van der Waals surface area contributed by atoms with Crippen molar-refractivity contribution < 1.29 is 52.6 Å². The number of amides is 5. The zero-order valence-corrected chi connectivity index (χ0v) is 84.3. The van der Waals surface area contributed by atoms with Gasteiger partial charge in [0.1, 0.15) is 17.7 Å². The lowest BCUT2D eigenvalue weighted by atomic mass is 9.94. The Kier molecular flexibility index (Phi) is 33.7. The Labute approximate surface area is 822 Å². The third kappa shape index (κ3) is 24.1. The Hall–Kier alpha value is -10.5. The van der Waals surface area contributed by atoms with E-state index in [4.69, 9.17) is 49.3 Å². The fraction of sp³-hybridized carbons (Fsp3) is 0.375. The standard InChI is InChI=1S/C30H35ClN4O2.C28H29BrClN3O4.C28H32ClN3O3.C18H18BrIN2O2/c1-5-27(37)34-16-22(17-34)14-24(36)18-35-21(4)28(26-15-23(31)13-20(3)29(26)35)25-7-6-10-32-30(25)33-11-8-19(2)9-12-33;1-3-22(37-23-7-5-6-20(30)12-23)13-31-28(36)25-17-32(26-9-8-19(29)11-24(25)26)16-21(34)10-18-14-33(15-18)27(35)4-2;1-6-25(34)31-13-20(14-31)11-22(33)15-32-19(5)26(24-12-21(29)10-18(4)27(24)32)23-8-7-9-30-28(23)35-16-17(2)3;1-3-17(24)21-7-12(8-21)5-14(23)9-22-10-16(20)15-6-13(19)4-11(2)18(15)22/h5-7,10,13,15,19,22H,1,8-9,11-12,14,16-18H2,2-4H3;4-9,11-12,17-18,22H,2-3,10,13-16H2,1H3,(H,31,36);6-10,12,17,20H,1,11,13-16H2,2-5H3;3-4,6,10,12H,1,5,7-9H2,2H3. The first-order valence-electron chi connectivity index (χ1n) is 45.1. The second-order valence-corrected chi connectivity index (χ2v) is 40.3. The summed E-state index contributed by atoms with van der Waals surface area (Å²) in [5.74, 6) is 4.21. The molecular formula is C104H114Br2Cl3IN12O11. The molecule has 16 rings (SSSR count). The van der Waals surface area contributed by atoms with Gasteiger partial charge in [0.25, 0.3) is 5.91 Å². The molecule has 0 saturated carbocycles. The van der Waals surface area contributed by atoms with Gasteiger partial charge >= 0.3 is 0 Å². The molecule has 11 heterocycles. The van der Waals surface area contributed by atoms with E-state index in [1.54, 1.807) is 44.1 Å². The van der Waals surface area contributed by atoms with E-state index < -0.39 is 0 Å². The Morgan fingerprint density at radius 3 is 1.48 bits per heavy atom. The summed E-state index contributed by atoms with van der Waals surface area (Å²) in [6.07, 6.45) is 17.3. The summed E-state index contributed by atoms with van der Waals surface area (Å²) >= 11 is 28.4. The van der Waals surface area contributed by atoms with Gasteiger partial charge in [-0.1, -0.05) is 127 Å². The number of likely N-dealkylation sites (tertiary alicyclic amines) is 4. The zero-order chi connectivity index (χ0) is 95.5. The number of anilines is 1. The number of benzene rings is 5. The number of piperidine rings is 1. The van der Waals surface area contributed by atoms with Crippen LogP contribution >= 0.6 is 89.3 Å². The summed E-state index contributed by atoms with van der Waals surface area (Å²) in [6, 6.07) is 32.9. The maximum absolute atomic E-state index is 13.2. The van der Waals surface area contributed by atoms with Crippen molar-refractivity contribution in [3.63, 3.8) is 0 Å². The molecule has 1 atom stereocenters. The van der Waals surface area contributed by atoms with Gasteiger partial charge in [0.2, 0.25) is 29.5 Å². The lowest BCUT2D eigenvalue weighted by molar-refractivity contribution is -0.134. The van der Waals surface area contributed by atoms with Crippen LogP contribution in [-0.4, -0.2) is 185 Å². The molecule has 23 nitrogen and oxygen atoms in total. The number of rotatable bonds is 32. The molecule has 5 aliphatic rings. The minimum Gasteiger partial charge on any atom is -0.489 e. The van der Waals surface area contributed by atoms with Crippen molar-refractivity contribution in [1.29, 1.82) is 0 Å². The maximum Gasteiger partial charge on any atom is 0.253 e. The number of aromatic nitrogens is 6. The Morgan fingerprint density at radius 1 is 0.526 bits per heavy atom. The number of fused-ring (bicyclic) bond motifs is 4. The first-order valence-corrected chi connectivity index (χ1v) is 48.9. The Balaban J connectivity index is 0.000000152. The lowest BCUT2D eigenvalue weighted by Crippen LogP contribution is -2.50. The molecule has 5 aromatic carbocycles. The molecule has 1 N–H and O–H groups in total. The number of ether oxygens (including phenoxy) is 2. The highest BCUT2D eigenvalue weighted by Gasteiger charge is 2.37. The highest BCUT2D eigenvalue weighted by atomic mass is 127. The summed E-state index contributed by atoms with van der Waals surface area (Å²) in [4.78, 5) is 130. The third-order valence-corrected chi connectivity index (χ3v) is 27.8. The molecule has 5 amide bonds. The number of carbonyl (C=O) groups excluding carboxylic acids is 9. The van der Waals surface area contributed by atoms with Gasteiger partial charge in [-0.2, -0.15) is 0 Å². The van der Waals surface area contributed by atoms with Crippen LogP contribution in [0.3, 0.4) is 0 Å². The molecule has 133 heavy (non-hydrogen) atoms. The predicted molar refractivity (Wildman–Crippen MR) is 545 cm³/mol. The summed E-state index contributed by atoms with van der Waals surface area (Å²) < 4.78 is 23.2. The number of hydrogen-bond donors (Lipinski definition) is 1. The van der Waals surface area contributed by atoms with Crippen LogP contribution < -0.4 is 19.7 Å². The van der Waals surface area contributed by atoms with E-state index >= 15 is 0 Å². The van der Waals surface area contributed by atoms with Crippen LogP contribution in [0, 0.1) is 73.7 Å². The number of nitrogens with zero attached hydrogens (tertiary/aromatic N) is 11. The Morgan fingerprint density at radius 2 is 0.992 bits per heavy atom. The summed E-state index contributed by atoms with van der Waals surface area (Å²) in [5, 5.41) is 8.87. The molecule has 0 aliphatic carbocycles. The topological polar surface area (TPSA) is 246 Å². The second-order valence-electron chi connectivity index (χ2n) is 36.0. The van der Waals surface area contributed by atoms with Crippen molar-refractivity contribution in [2.75, 3.05) is 83.5 Å². The molecule has 698 valence electrons. The van der Waals surface area contributed by atoms with E-state index in [9.17, 15) is 43.2 Å². The van der Waals surface area contributed by atoms with E-state index in [1.807, 2.05) is 115 Å². The largest absolute Gasteiger partial charge is 0.489 e. The molecule has 0 bridgehead atoms. The maximum atomic E-state index is 13.2. The van der Waals surface area contributed by atoms with Gasteiger partial charge in [-0.05, 0) is 226 Å². The van der Waals surface area contributed by atoms with Crippen LogP contribution in [-0.2, 0) is 64.5 Å². The first kappa shape index (κ1) is 100.0. The van der Waals surface area contributed by atoms with Crippen molar-refractivity contribution in [3.8, 4) is 33.9 Å². The quantitative estimate of drug-likeness (QED) is 0.0304. The predicted octanol–water partition coefficient (Wildman–Crippen LogP) is 20.6. The molecule has 1 unspecified atom stereocenters. The lowest BCUT2D eigenvalue weighted by Gasteiger charge is -2.38. The molecule has 0 radical (unpaired) electrons. The highest BCUT2D eigenvalue weighted by molar-refractivity contribution is 14.1. The third-order valence-electron chi connectivity index (χ3n) is 25.3. The number of Topliss-reactive ketones (excluding diaryl/α,β-unsaturated/α-hetero) is 4. The number of aryl methyl sites for hydroxylation is 3. The van der Waals surface area contributed by atoms with Crippen molar-refractivity contribution >= 4 is 191 Å². The van der Waals surface area contributed by atoms with Crippen LogP contribution in [0.4, 0.5) is 5.82 Å². The fourth-order valence-electron chi connectivity index (χ4n) is 18.5. The van der Waals surface area contributed by atoms with Gasteiger partial charge in [0.05, 0.1) is 61.4 Å². The van der Waals surface area contributed by atoms with Crippen molar-refractivity contribution in [2.45, 2.75) is 140 Å². The minimum absolute atomic E-state index is 0.0501. The van der Waals surface area contributed by atoms with E-state index in [0.717, 1.165) is 139 Å². The van der Waals surface area contributed by atoms with Gasteiger partial charge in [-0.3, -0.25) is 43.2 Å². The normalized spacial score (nSPS) is 14.9. The average Bonchev–Trinajstić information content (AvgIpc) is 1.60. The number of pyridine rings is 2. The molecule has 5 aliphatic heterocycles. The zero-order valence-electron chi connectivity index (χ0n) is 76.7. The van der Waals surface area contributed by atoms with Gasteiger partial charge in [-0.25, -0.2) is 9.97 Å². The van der Waals surface area contributed by atoms with Gasteiger partial charge in [0, 0.05) is 228 Å². The van der Waals surface area contributed by atoms with Crippen molar-refractivity contribution in [1.82, 2.24) is 53.2 Å². The molecular weight excluding hydrogens is 1990 g/mol. The van der Waals surface area contributed by atoms with Crippen LogP contribution in [0.5, 0.6) is 11.6 Å². The molecule has 5 fully saturated rings. The number of halogens is 6. The van der Waals surface area contributed by atoms with E-state index in [0.29, 0.717) is 149 Å².